The first-order valence-electron chi connectivity index (χ1n) is 15.7. The quantitative estimate of drug-likeness (QED) is 0.0831. The average Bonchev–Trinajstić information content (AvgIpc) is 3.10. The van der Waals surface area contributed by atoms with Crippen LogP contribution in [0.2, 0.25) is 0 Å². The van der Waals surface area contributed by atoms with E-state index < -0.39 is 11.2 Å². The fraction of sp³-hybridized carbons (Fsp3) is 0.324. The van der Waals surface area contributed by atoms with Crippen molar-refractivity contribution in [3.63, 3.8) is 0 Å². The molecule has 0 radical (unpaired) electrons. The predicted molar refractivity (Wildman–Crippen MR) is 179 cm³/mol. The molecule has 248 valence electrons. The molecule has 1 fully saturated rings. The molecule has 0 aliphatic carbocycles. The first-order chi connectivity index (χ1) is 22.9. The first-order valence-corrected chi connectivity index (χ1v) is 15.7. The summed E-state index contributed by atoms with van der Waals surface area (Å²) in [7, 11) is 1.67. The largest absolute Gasteiger partial charge is 0.493 e. The summed E-state index contributed by atoms with van der Waals surface area (Å²) in [5.74, 6) is 1.10. The Labute approximate surface area is 275 Å². The van der Waals surface area contributed by atoms with Crippen LogP contribution in [0.5, 0.6) is 11.5 Å². The van der Waals surface area contributed by atoms with Gasteiger partial charge in [0.1, 0.15) is 18.1 Å². The smallest absolute Gasteiger partial charge is 0.415 e. The molecule has 1 aliphatic heterocycles. The number of piperidine rings is 1. The Morgan fingerprint density at radius 3 is 2.30 bits per heavy atom. The fourth-order valence-corrected chi connectivity index (χ4v) is 5.00. The molecule has 1 amide bonds. The second-order valence-electron chi connectivity index (χ2n) is 11.1. The van der Waals surface area contributed by atoms with Crippen LogP contribution in [0.4, 0.5) is 4.79 Å². The highest BCUT2D eigenvalue weighted by atomic mass is 16.9. The molecule has 1 heterocycles. The number of rotatable bonds is 13. The molecular formula is C37H42N2O8. The maximum Gasteiger partial charge on any atom is 0.415 e. The maximum absolute atomic E-state index is 12.7. The van der Waals surface area contributed by atoms with E-state index in [1.165, 1.54) is 11.1 Å². The summed E-state index contributed by atoms with van der Waals surface area (Å²) in [4.78, 5) is 29.1. The number of hydrogen-bond donors (Lipinski definition) is 0. The van der Waals surface area contributed by atoms with Crippen molar-refractivity contribution in [3.8, 4) is 22.6 Å². The van der Waals surface area contributed by atoms with Gasteiger partial charge in [-0.1, -0.05) is 84.9 Å². The molecule has 0 saturated carbocycles. The Hall–Kier alpha value is -4.93. The Bertz CT molecular complexity index is 1500. The third-order valence-electron chi connectivity index (χ3n) is 7.41. The molecule has 0 bridgehead atoms. The molecule has 1 atom stereocenters. The summed E-state index contributed by atoms with van der Waals surface area (Å²) in [6.45, 7) is 4.37. The van der Waals surface area contributed by atoms with Crippen molar-refractivity contribution >= 4 is 6.09 Å². The van der Waals surface area contributed by atoms with Crippen molar-refractivity contribution in [2.75, 3.05) is 33.4 Å². The van der Waals surface area contributed by atoms with E-state index >= 15 is 0 Å². The molecule has 10 heteroatoms. The highest BCUT2D eigenvalue weighted by Crippen LogP contribution is 2.24. The highest BCUT2D eigenvalue weighted by molar-refractivity contribution is 5.71. The number of aryl methyl sites for hydroxylation is 1. The third kappa shape index (κ3) is 12.1. The molecule has 1 saturated heterocycles. The van der Waals surface area contributed by atoms with Crippen molar-refractivity contribution in [1.82, 2.24) is 4.90 Å². The average molecular weight is 643 g/mol. The van der Waals surface area contributed by atoms with Crippen LogP contribution in [0.3, 0.4) is 0 Å². The van der Waals surface area contributed by atoms with Crippen molar-refractivity contribution in [2.24, 2.45) is 0 Å². The van der Waals surface area contributed by atoms with Gasteiger partial charge in [0.2, 0.25) is 0 Å². The van der Waals surface area contributed by atoms with Crippen LogP contribution >= 0.6 is 0 Å². The van der Waals surface area contributed by atoms with Crippen LogP contribution in [-0.4, -0.2) is 55.6 Å². The van der Waals surface area contributed by atoms with Crippen LogP contribution in [0, 0.1) is 17.0 Å². The molecule has 4 aromatic rings. The number of ether oxygens (including phenoxy) is 4. The van der Waals surface area contributed by atoms with Gasteiger partial charge in [0, 0.05) is 32.2 Å². The normalized spacial score (nSPS) is 14.0. The van der Waals surface area contributed by atoms with E-state index in [2.05, 4.69) is 53.4 Å². The molecule has 5 rings (SSSR count). The van der Waals surface area contributed by atoms with Gasteiger partial charge in [0.15, 0.2) is 0 Å². The molecule has 0 N–H and O–H groups in total. The minimum atomic E-state index is -0.861. The van der Waals surface area contributed by atoms with Gasteiger partial charge in [-0.05, 0) is 60.2 Å². The van der Waals surface area contributed by atoms with Crippen molar-refractivity contribution < 1.29 is 33.7 Å². The van der Waals surface area contributed by atoms with Crippen LogP contribution in [0.25, 0.3) is 11.1 Å². The van der Waals surface area contributed by atoms with E-state index in [0.29, 0.717) is 44.2 Å². The molecule has 0 spiro atoms. The molecule has 47 heavy (non-hydrogen) atoms. The number of carbonyl (C=O) groups is 1. The summed E-state index contributed by atoms with van der Waals surface area (Å²) in [6, 6.07) is 33.3. The molecule has 0 aromatic heterocycles. The van der Waals surface area contributed by atoms with E-state index in [4.69, 9.17) is 18.9 Å². The number of amides is 1. The van der Waals surface area contributed by atoms with E-state index in [9.17, 15) is 14.9 Å². The van der Waals surface area contributed by atoms with E-state index in [-0.39, 0.29) is 12.7 Å². The molecule has 1 unspecified atom stereocenters. The topological polar surface area (TPSA) is 110 Å². The Kier molecular flexibility index (Phi) is 14.0. The van der Waals surface area contributed by atoms with Crippen LogP contribution in [0.15, 0.2) is 103 Å². The molecular weight excluding hydrogens is 600 g/mol. The van der Waals surface area contributed by atoms with E-state index in [0.717, 1.165) is 36.1 Å². The lowest BCUT2D eigenvalue weighted by molar-refractivity contribution is -0.763. The monoisotopic (exact) mass is 642 g/mol. The van der Waals surface area contributed by atoms with Gasteiger partial charge in [-0.2, -0.15) is 0 Å². The lowest BCUT2D eigenvalue weighted by Crippen LogP contribution is -2.44. The van der Waals surface area contributed by atoms with Crippen molar-refractivity contribution in [3.05, 3.63) is 130 Å². The van der Waals surface area contributed by atoms with Crippen LogP contribution < -0.4 is 9.47 Å². The summed E-state index contributed by atoms with van der Waals surface area (Å²) < 4.78 is 22.6. The van der Waals surface area contributed by atoms with Gasteiger partial charge in [0.05, 0.1) is 25.9 Å². The fourth-order valence-electron chi connectivity index (χ4n) is 5.00. The number of carbonyl (C=O) groups excluding carboxylic acids is 1. The number of benzene rings is 4. The maximum atomic E-state index is 12.7. The zero-order valence-electron chi connectivity index (χ0n) is 26.9. The highest BCUT2D eigenvalue weighted by Gasteiger charge is 2.26. The van der Waals surface area contributed by atoms with E-state index in [1.807, 2.05) is 37.3 Å². The SMILES string of the molecule is COCCCOc1cc(C)ccc1COC1CCCN(C(=O)Oc2cccc(CO[N+](=O)[O-])c2)C1.c1ccc(-c2ccccc2)cc1. The minimum Gasteiger partial charge on any atom is -0.493 e. The van der Waals surface area contributed by atoms with E-state index in [1.54, 1.807) is 36.3 Å². The van der Waals surface area contributed by atoms with Gasteiger partial charge < -0.3 is 28.7 Å². The lowest BCUT2D eigenvalue weighted by atomic mass is 10.1. The summed E-state index contributed by atoms with van der Waals surface area (Å²) in [5, 5.41) is 9.53. The summed E-state index contributed by atoms with van der Waals surface area (Å²) >= 11 is 0. The first kappa shape index (κ1) is 34.9. The Balaban J connectivity index is 0.000000345. The number of likely N-dealkylation sites (tertiary alicyclic amines) is 1. The number of methoxy groups -OCH3 is 1. The predicted octanol–water partition coefficient (Wildman–Crippen LogP) is 7.65. The minimum absolute atomic E-state index is 0.126. The Morgan fingerprint density at radius 2 is 1.62 bits per heavy atom. The zero-order valence-corrected chi connectivity index (χ0v) is 26.9. The van der Waals surface area contributed by atoms with Gasteiger partial charge in [-0.15, -0.1) is 10.1 Å². The molecule has 4 aromatic carbocycles. The van der Waals surface area contributed by atoms with Gasteiger partial charge in [-0.25, -0.2) is 4.79 Å². The molecule has 1 aliphatic rings. The zero-order chi connectivity index (χ0) is 33.3. The van der Waals surface area contributed by atoms with Gasteiger partial charge in [-0.3, -0.25) is 0 Å². The standard InChI is InChI=1S/C25H32N2O8.C12H10/c1-19-9-10-21(24(14-19)32-13-5-12-31-2)18-33-23-8-4-11-26(16-23)25(28)35-22-7-3-6-20(15-22)17-34-27(29)30;1-3-7-11(8-4-1)12-9-5-2-6-10-12/h3,6-7,9-10,14-15,23H,4-5,8,11-13,16-18H2,1-2H3;1-10H. The number of hydrogen-bond acceptors (Lipinski definition) is 8. The summed E-state index contributed by atoms with van der Waals surface area (Å²) in [6.07, 6.45) is 1.83. The second kappa shape index (κ2) is 18.9. The van der Waals surface area contributed by atoms with Crippen LogP contribution in [0.1, 0.15) is 36.0 Å². The second-order valence-corrected chi connectivity index (χ2v) is 11.1. The van der Waals surface area contributed by atoms with Crippen LogP contribution in [-0.2, 0) is 27.5 Å². The van der Waals surface area contributed by atoms with Gasteiger partial charge in [0.25, 0.3) is 5.09 Å². The van der Waals surface area contributed by atoms with Gasteiger partial charge >= 0.3 is 6.09 Å². The molecule has 10 nitrogen and oxygen atoms in total. The lowest BCUT2D eigenvalue weighted by Gasteiger charge is -2.32. The third-order valence-corrected chi connectivity index (χ3v) is 7.41. The van der Waals surface area contributed by atoms with Crippen molar-refractivity contribution in [1.29, 1.82) is 0 Å². The van der Waals surface area contributed by atoms with Crippen molar-refractivity contribution in [2.45, 2.75) is 45.5 Å². The Morgan fingerprint density at radius 1 is 0.894 bits per heavy atom. The number of nitrogens with zero attached hydrogens (tertiary/aromatic N) is 2. The summed E-state index contributed by atoms with van der Waals surface area (Å²) in [5.41, 5.74) is 5.15.